The molecule has 0 radical (unpaired) electrons. The lowest BCUT2D eigenvalue weighted by Crippen LogP contribution is -2.40. The maximum atomic E-state index is 13.1. The summed E-state index contributed by atoms with van der Waals surface area (Å²) in [5.41, 5.74) is 5.35. The Kier molecular flexibility index (Phi) is 7.30. The second-order valence-corrected chi connectivity index (χ2v) is 10.3. The van der Waals surface area contributed by atoms with E-state index in [9.17, 15) is 4.79 Å². The maximum Gasteiger partial charge on any atom is 0.228 e. The summed E-state index contributed by atoms with van der Waals surface area (Å²) in [6, 6.07) is 24.8. The van der Waals surface area contributed by atoms with E-state index in [1.807, 2.05) is 30.3 Å². The fraction of sp³-hybridized carbons (Fsp3) is 0.310. The lowest BCUT2D eigenvalue weighted by molar-refractivity contribution is -0.121. The molecule has 1 saturated heterocycles. The van der Waals surface area contributed by atoms with Crippen molar-refractivity contribution >= 4 is 38.6 Å². The number of piperidine rings is 1. The fourth-order valence-corrected chi connectivity index (χ4v) is 5.37. The highest BCUT2D eigenvalue weighted by Crippen LogP contribution is 2.26. The highest BCUT2D eigenvalue weighted by Gasteiger charge is 2.27. The molecule has 0 unspecified atom stereocenters. The Hall–Kier alpha value is -2.96. The van der Waals surface area contributed by atoms with Gasteiger partial charge in [-0.15, -0.1) is 0 Å². The molecule has 1 N–H and O–H groups in total. The molecule has 1 aliphatic rings. The van der Waals surface area contributed by atoms with Gasteiger partial charge in [-0.3, -0.25) is 14.3 Å². The number of nitrogens with one attached hydrogen (secondary N) is 1. The summed E-state index contributed by atoms with van der Waals surface area (Å²) in [6.45, 7) is 4.59. The SMILES string of the molecule is CCCc1ccc(NC(=O)[C@H]2CCCN(Cc3nc4ccccc4n3-c3cccc(Br)c3)C2)cc1. The van der Waals surface area contributed by atoms with Gasteiger partial charge in [0.2, 0.25) is 5.91 Å². The minimum absolute atomic E-state index is 0.0252. The number of carbonyl (C=O) groups excluding carboxylic acids is 1. The van der Waals surface area contributed by atoms with Crippen LogP contribution in [-0.2, 0) is 17.8 Å². The van der Waals surface area contributed by atoms with Crippen molar-refractivity contribution < 1.29 is 4.79 Å². The summed E-state index contributed by atoms with van der Waals surface area (Å²) in [6.07, 6.45) is 4.11. The molecule has 4 aromatic rings. The van der Waals surface area contributed by atoms with Crippen LogP contribution in [0.5, 0.6) is 0 Å². The predicted molar refractivity (Wildman–Crippen MR) is 146 cm³/mol. The monoisotopic (exact) mass is 530 g/mol. The van der Waals surface area contributed by atoms with E-state index in [1.54, 1.807) is 0 Å². The zero-order valence-electron chi connectivity index (χ0n) is 20.1. The smallest absolute Gasteiger partial charge is 0.228 e. The van der Waals surface area contributed by atoms with E-state index in [0.717, 1.165) is 71.5 Å². The molecule has 5 nitrogen and oxygen atoms in total. The van der Waals surface area contributed by atoms with Crippen molar-refractivity contribution in [3.05, 3.63) is 88.7 Å². The van der Waals surface area contributed by atoms with Crippen LogP contribution in [0, 0.1) is 5.92 Å². The first-order valence-electron chi connectivity index (χ1n) is 12.4. The van der Waals surface area contributed by atoms with Crippen LogP contribution >= 0.6 is 15.9 Å². The number of fused-ring (bicyclic) bond motifs is 1. The van der Waals surface area contributed by atoms with Crippen molar-refractivity contribution in [2.45, 2.75) is 39.2 Å². The highest BCUT2D eigenvalue weighted by atomic mass is 79.9. The van der Waals surface area contributed by atoms with Crippen LogP contribution in [0.25, 0.3) is 16.7 Å². The number of carbonyl (C=O) groups is 1. The number of aryl methyl sites for hydroxylation is 1. The van der Waals surface area contributed by atoms with Gasteiger partial charge in [0.15, 0.2) is 0 Å². The Balaban J connectivity index is 1.32. The molecule has 0 saturated carbocycles. The molecule has 1 amide bonds. The van der Waals surface area contributed by atoms with Crippen molar-refractivity contribution in [1.29, 1.82) is 0 Å². The van der Waals surface area contributed by atoms with E-state index < -0.39 is 0 Å². The number of halogens is 1. The molecule has 1 aliphatic heterocycles. The van der Waals surface area contributed by atoms with Gasteiger partial charge in [-0.25, -0.2) is 4.98 Å². The molecule has 3 aromatic carbocycles. The Labute approximate surface area is 215 Å². The Morgan fingerprint density at radius 3 is 2.71 bits per heavy atom. The Morgan fingerprint density at radius 2 is 1.91 bits per heavy atom. The van der Waals surface area contributed by atoms with E-state index in [0.29, 0.717) is 6.54 Å². The highest BCUT2D eigenvalue weighted by molar-refractivity contribution is 9.10. The van der Waals surface area contributed by atoms with Crippen molar-refractivity contribution in [2.75, 3.05) is 18.4 Å². The third kappa shape index (κ3) is 5.49. The zero-order valence-corrected chi connectivity index (χ0v) is 21.7. The van der Waals surface area contributed by atoms with Gasteiger partial charge >= 0.3 is 0 Å². The molecular formula is C29H31BrN4O. The van der Waals surface area contributed by atoms with Crippen molar-refractivity contribution in [2.24, 2.45) is 5.92 Å². The normalized spacial score (nSPS) is 16.5. The number of likely N-dealkylation sites (tertiary alicyclic amines) is 1. The lowest BCUT2D eigenvalue weighted by atomic mass is 9.97. The van der Waals surface area contributed by atoms with Gasteiger partial charge in [0.1, 0.15) is 5.82 Å². The van der Waals surface area contributed by atoms with E-state index in [4.69, 9.17) is 4.98 Å². The summed E-state index contributed by atoms with van der Waals surface area (Å²) in [5, 5.41) is 3.14. The van der Waals surface area contributed by atoms with Gasteiger partial charge in [0.05, 0.1) is 23.5 Å². The number of para-hydroxylation sites is 2. The fourth-order valence-electron chi connectivity index (χ4n) is 4.99. The molecule has 180 valence electrons. The summed E-state index contributed by atoms with van der Waals surface area (Å²) >= 11 is 3.61. The van der Waals surface area contributed by atoms with Gasteiger partial charge in [0, 0.05) is 22.4 Å². The van der Waals surface area contributed by atoms with E-state index in [-0.39, 0.29) is 11.8 Å². The second-order valence-electron chi connectivity index (χ2n) is 9.34. The lowest BCUT2D eigenvalue weighted by Gasteiger charge is -2.31. The Morgan fingerprint density at radius 1 is 1.09 bits per heavy atom. The van der Waals surface area contributed by atoms with Crippen LogP contribution in [0.1, 0.15) is 37.6 Å². The average Bonchev–Trinajstić information content (AvgIpc) is 3.23. The second kappa shape index (κ2) is 10.8. The predicted octanol–water partition coefficient (Wildman–Crippen LogP) is 6.59. The number of aromatic nitrogens is 2. The third-order valence-corrected chi connectivity index (χ3v) is 7.19. The minimum atomic E-state index is -0.0252. The van der Waals surface area contributed by atoms with Crippen LogP contribution in [0.4, 0.5) is 5.69 Å². The number of anilines is 1. The van der Waals surface area contributed by atoms with Crippen molar-refractivity contribution in [1.82, 2.24) is 14.5 Å². The molecule has 5 rings (SSSR count). The van der Waals surface area contributed by atoms with Crippen molar-refractivity contribution in [3.8, 4) is 5.69 Å². The number of hydrogen-bond donors (Lipinski definition) is 1. The quantitative estimate of drug-likeness (QED) is 0.293. The number of amides is 1. The van der Waals surface area contributed by atoms with Gasteiger partial charge in [0.25, 0.3) is 0 Å². The maximum absolute atomic E-state index is 13.1. The molecule has 1 aromatic heterocycles. The Bertz CT molecular complexity index is 1310. The molecule has 2 heterocycles. The van der Waals surface area contributed by atoms with Gasteiger partial charge < -0.3 is 5.32 Å². The van der Waals surface area contributed by atoms with E-state index in [2.05, 4.69) is 80.1 Å². The third-order valence-electron chi connectivity index (χ3n) is 6.70. The van der Waals surface area contributed by atoms with Crippen LogP contribution < -0.4 is 5.32 Å². The van der Waals surface area contributed by atoms with Crippen LogP contribution in [0.15, 0.2) is 77.3 Å². The number of nitrogens with zero attached hydrogens (tertiary/aromatic N) is 3. The molecule has 6 heteroatoms. The summed E-state index contributed by atoms with van der Waals surface area (Å²) in [7, 11) is 0. The molecule has 0 bridgehead atoms. The number of rotatable bonds is 7. The number of hydrogen-bond acceptors (Lipinski definition) is 3. The molecule has 35 heavy (non-hydrogen) atoms. The zero-order chi connectivity index (χ0) is 24.2. The summed E-state index contributed by atoms with van der Waals surface area (Å²) < 4.78 is 3.28. The topological polar surface area (TPSA) is 50.2 Å². The number of imidazole rings is 1. The summed E-state index contributed by atoms with van der Waals surface area (Å²) in [4.78, 5) is 20.4. The molecule has 1 atom stereocenters. The largest absolute Gasteiger partial charge is 0.326 e. The molecule has 0 spiro atoms. The average molecular weight is 531 g/mol. The van der Waals surface area contributed by atoms with Gasteiger partial charge in [-0.1, -0.05) is 59.6 Å². The first-order valence-corrected chi connectivity index (χ1v) is 13.2. The number of benzene rings is 3. The van der Waals surface area contributed by atoms with Crippen LogP contribution in [0.3, 0.4) is 0 Å². The van der Waals surface area contributed by atoms with Gasteiger partial charge in [-0.2, -0.15) is 0 Å². The summed E-state index contributed by atoms with van der Waals surface area (Å²) in [5.74, 6) is 1.08. The first kappa shape index (κ1) is 23.8. The van der Waals surface area contributed by atoms with Crippen LogP contribution in [-0.4, -0.2) is 33.4 Å². The first-order chi connectivity index (χ1) is 17.1. The van der Waals surface area contributed by atoms with Crippen LogP contribution in [0.2, 0.25) is 0 Å². The van der Waals surface area contributed by atoms with Gasteiger partial charge in [-0.05, 0) is 73.8 Å². The minimum Gasteiger partial charge on any atom is -0.326 e. The molecule has 1 fully saturated rings. The standard InChI is InChI=1S/C29H31BrN4O/c1-2-7-21-13-15-24(16-14-21)31-29(35)22-8-6-17-33(19-22)20-28-32-26-11-3-4-12-27(26)34(28)25-10-5-9-23(30)18-25/h3-5,9-16,18,22H,2,6-8,17,19-20H2,1H3,(H,31,35)/t22-/m0/s1. The van der Waals surface area contributed by atoms with Crippen molar-refractivity contribution in [3.63, 3.8) is 0 Å². The molecule has 0 aliphatic carbocycles. The molecular weight excluding hydrogens is 500 g/mol. The van der Waals surface area contributed by atoms with E-state index >= 15 is 0 Å². The van der Waals surface area contributed by atoms with E-state index in [1.165, 1.54) is 5.56 Å².